The number of amides is 1. The second-order valence-corrected chi connectivity index (χ2v) is 6.18. The third kappa shape index (κ3) is 4.17. The first-order valence-electron chi connectivity index (χ1n) is 8.76. The Morgan fingerprint density at radius 2 is 2.20 bits per heavy atom. The molecule has 3 rings (SSSR count). The van der Waals surface area contributed by atoms with Gasteiger partial charge in [0.2, 0.25) is 0 Å². The summed E-state index contributed by atoms with van der Waals surface area (Å²) in [7, 11) is 1.60. The Morgan fingerprint density at radius 3 is 3.00 bits per heavy atom. The Morgan fingerprint density at radius 1 is 1.36 bits per heavy atom. The van der Waals surface area contributed by atoms with E-state index >= 15 is 0 Å². The predicted octanol–water partition coefficient (Wildman–Crippen LogP) is 1.07. The van der Waals surface area contributed by atoms with Crippen LogP contribution < -0.4 is 15.4 Å². The lowest BCUT2D eigenvalue weighted by molar-refractivity contribution is -0.122. The smallest absolute Gasteiger partial charge is 0.257 e. The monoisotopic (exact) mass is 343 g/mol. The number of carbonyl (C=O) groups is 1. The van der Waals surface area contributed by atoms with Gasteiger partial charge in [0.25, 0.3) is 5.91 Å². The number of aromatic nitrogens is 3. The van der Waals surface area contributed by atoms with Gasteiger partial charge in [0.15, 0.2) is 6.61 Å². The maximum atomic E-state index is 11.4. The van der Waals surface area contributed by atoms with E-state index in [4.69, 9.17) is 4.74 Å². The molecule has 2 aromatic rings. The first-order valence-corrected chi connectivity index (χ1v) is 8.76. The molecule has 1 aromatic carbocycles. The van der Waals surface area contributed by atoms with Crippen LogP contribution >= 0.6 is 0 Å². The maximum Gasteiger partial charge on any atom is 0.257 e. The average Bonchev–Trinajstić information content (AvgIpc) is 3.07. The van der Waals surface area contributed by atoms with Gasteiger partial charge in [0, 0.05) is 44.6 Å². The van der Waals surface area contributed by atoms with Crippen LogP contribution in [0, 0.1) is 0 Å². The number of fused-ring (bicyclic) bond motifs is 1. The lowest BCUT2D eigenvalue weighted by Gasteiger charge is -2.25. The summed E-state index contributed by atoms with van der Waals surface area (Å²) >= 11 is 0. The van der Waals surface area contributed by atoms with E-state index in [1.807, 2.05) is 24.3 Å². The van der Waals surface area contributed by atoms with Gasteiger partial charge in [-0.3, -0.25) is 4.79 Å². The van der Waals surface area contributed by atoms with E-state index in [0.717, 1.165) is 48.8 Å². The van der Waals surface area contributed by atoms with Crippen molar-refractivity contribution < 1.29 is 9.53 Å². The summed E-state index contributed by atoms with van der Waals surface area (Å²) in [5, 5.41) is 14.7. The van der Waals surface area contributed by atoms with Crippen molar-refractivity contribution in [2.24, 2.45) is 0 Å². The zero-order valence-electron chi connectivity index (χ0n) is 14.8. The van der Waals surface area contributed by atoms with Gasteiger partial charge in [0.1, 0.15) is 17.4 Å². The van der Waals surface area contributed by atoms with Gasteiger partial charge in [0.05, 0.1) is 0 Å². The molecule has 134 valence electrons. The van der Waals surface area contributed by atoms with E-state index in [1.54, 1.807) is 7.05 Å². The Hall–Kier alpha value is -2.41. The minimum Gasteiger partial charge on any atom is -0.483 e. The molecular formula is C18H25N5O2. The summed E-state index contributed by atoms with van der Waals surface area (Å²) in [6.07, 6.45) is 2.89. The summed E-state index contributed by atoms with van der Waals surface area (Å²) in [4.78, 5) is 11.4. The number of nitrogens with one attached hydrogen (secondary N) is 2. The second-order valence-electron chi connectivity index (χ2n) is 6.18. The quantitative estimate of drug-likeness (QED) is 0.786. The SMILES string of the molecule is CCc1nnc2n1C[C@@H](NCc1ccccc1OCC(=O)NC)CC2. The molecule has 0 aliphatic carbocycles. The van der Waals surface area contributed by atoms with Gasteiger partial charge in [-0.25, -0.2) is 0 Å². The van der Waals surface area contributed by atoms with E-state index in [2.05, 4.69) is 32.3 Å². The molecule has 7 heteroatoms. The van der Waals surface area contributed by atoms with Crippen LogP contribution in [0.4, 0.5) is 0 Å². The molecule has 1 aliphatic heterocycles. The number of aryl methyl sites for hydroxylation is 2. The molecule has 0 saturated carbocycles. The largest absolute Gasteiger partial charge is 0.483 e. The highest BCUT2D eigenvalue weighted by atomic mass is 16.5. The molecule has 0 saturated heterocycles. The maximum absolute atomic E-state index is 11.4. The minimum absolute atomic E-state index is 0.0286. The number of carbonyl (C=O) groups excluding carboxylic acids is 1. The Kier molecular flexibility index (Phi) is 5.65. The van der Waals surface area contributed by atoms with Gasteiger partial charge < -0.3 is 19.9 Å². The van der Waals surface area contributed by atoms with Crippen LogP contribution in [0.25, 0.3) is 0 Å². The Bertz CT molecular complexity index is 715. The van der Waals surface area contributed by atoms with E-state index in [1.165, 1.54) is 0 Å². The van der Waals surface area contributed by atoms with Crippen LogP contribution in [0.5, 0.6) is 5.75 Å². The number of nitrogens with zero attached hydrogens (tertiary/aromatic N) is 3. The number of para-hydroxylation sites is 1. The fourth-order valence-electron chi connectivity index (χ4n) is 3.07. The van der Waals surface area contributed by atoms with Gasteiger partial charge >= 0.3 is 0 Å². The second kappa shape index (κ2) is 8.11. The van der Waals surface area contributed by atoms with Crippen molar-refractivity contribution in [2.75, 3.05) is 13.7 Å². The zero-order chi connectivity index (χ0) is 17.6. The van der Waals surface area contributed by atoms with Crippen LogP contribution in [0.3, 0.4) is 0 Å². The fourth-order valence-corrected chi connectivity index (χ4v) is 3.07. The van der Waals surface area contributed by atoms with Gasteiger partial charge in [-0.05, 0) is 12.5 Å². The van der Waals surface area contributed by atoms with Crippen LogP contribution in [0.15, 0.2) is 24.3 Å². The molecule has 0 spiro atoms. The van der Waals surface area contributed by atoms with Crippen molar-refractivity contribution in [1.82, 2.24) is 25.4 Å². The Balaban J connectivity index is 1.60. The summed E-state index contributed by atoms with van der Waals surface area (Å²) in [6.45, 7) is 3.73. The molecule has 1 aromatic heterocycles. The third-order valence-electron chi connectivity index (χ3n) is 4.53. The van der Waals surface area contributed by atoms with E-state index < -0.39 is 0 Å². The molecule has 25 heavy (non-hydrogen) atoms. The molecule has 7 nitrogen and oxygen atoms in total. The number of hydrogen-bond acceptors (Lipinski definition) is 5. The lowest BCUT2D eigenvalue weighted by Crippen LogP contribution is -2.37. The molecule has 1 aliphatic rings. The van der Waals surface area contributed by atoms with Gasteiger partial charge in [-0.2, -0.15) is 0 Å². The number of ether oxygens (including phenoxy) is 1. The molecule has 2 heterocycles. The van der Waals surface area contributed by atoms with Crippen LogP contribution in [0.1, 0.15) is 30.6 Å². The van der Waals surface area contributed by atoms with Crippen molar-refractivity contribution in [3.8, 4) is 5.75 Å². The van der Waals surface area contributed by atoms with E-state index in [0.29, 0.717) is 12.6 Å². The first kappa shape index (κ1) is 17.4. The molecule has 0 radical (unpaired) electrons. The topological polar surface area (TPSA) is 81.1 Å². The van der Waals surface area contributed by atoms with Crippen LogP contribution in [-0.4, -0.2) is 40.4 Å². The zero-order valence-corrected chi connectivity index (χ0v) is 14.8. The summed E-state index contributed by atoms with van der Waals surface area (Å²) < 4.78 is 7.86. The molecule has 2 N–H and O–H groups in total. The molecular weight excluding hydrogens is 318 g/mol. The summed E-state index contributed by atoms with van der Waals surface area (Å²) in [6, 6.07) is 8.20. The standard InChI is InChI=1S/C18H25N5O2/c1-3-16-21-22-17-9-8-14(11-23(16)17)20-10-13-6-4-5-7-15(13)25-12-18(24)19-2/h4-7,14,20H,3,8-12H2,1-2H3,(H,19,24)/t14-/m0/s1. The average molecular weight is 343 g/mol. The molecule has 0 bridgehead atoms. The number of benzene rings is 1. The molecule has 0 unspecified atom stereocenters. The van der Waals surface area contributed by atoms with Crippen molar-refractivity contribution in [1.29, 1.82) is 0 Å². The van der Waals surface area contributed by atoms with Crippen LogP contribution in [0.2, 0.25) is 0 Å². The number of rotatable bonds is 7. The van der Waals surface area contributed by atoms with Crippen LogP contribution in [-0.2, 0) is 30.7 Å². The molecule has 0 fully saturated rings. The number of hydrogen-bond donors (Lipinski definition) is 2. The third-order valence-corrected chi connectivity index (χ3v) is 4.53. The highest BCUT2D eigenvalue weighted by molar-refractivity contribution is 5.77. The van der Waals surface area contributed by atoms with Gasteiger partial charge in [-0.15, -0.1) is 10.2 Å². The molecule has 1 atom stereocenters. The highest BCUT2D eigenvalue weighted by Crippen LogP contribution is 2.20. The fraction of sp³-hybridized carbons (Fsp3) is 0.500. The van der Waals surface area contributed by atoms with Crippen molar-refractivity contribution in [2.45, 2.75) is 45.3 Å². The van der Waals surface area contributed by atoms with Crippen molar-refractivity contribution in [3.63, 3.8) is 0 Å². The van der Waals surface area contributed by atoms with E-state index in [-0.39, 0.29) is 12.5 Å². The minimum atomic E-state index is -0.137. The van der Waals surface area contributed by atoms with Gasteiger partial charge in [-0.1, -0.05) is 25.1 Å². The summed E-state index contributed by atoms with van der Waals surface area (Å²) in [5.74, 6) is 2.75. The summed E-state index contributed by atoms with van der Waals surface area (Å²) in [5.41, 5.74) is 1.05. The molecule has 1 amide bonds. The lowest BCUT2D eigenvalue weighted by atomic mass is 10.1. The van der Waals surface area contributed by atoms with Crippen molar-refractivity contribution in [3.05, 3.63) is 41.5 Å². The van der Waals surface area contributed by atoms with Crippen molar-refractivity contribution >= 4 is 5.91 Å². The van der Waals surface area contributed by atoms with E-state index in [9.17, 15) is 4.79 Å². The normalized spacial score (nSPS) is 16.3. The highest BCUT2D eigenvalue weighted by Gasteiger charge is 2.22. The predicted molar refractivity (Wildman–Crippen MR) is 94.4 cm³/mol. The number of likely N-dealkylation sites (N-methyl/N-ethyl adjacent to an activating group) is 1. The first-order chi connectivity index (χ1) is 12.2. The Labute approximate surface area is 147 Å².